The van der Waals surface area contributed by atoms with Gasteiger partial charge in [-0.25, -0.2) is 8.78 Å². The average Bonchev–Trinajstić information content (AvgIpc) is 2.39. The number of nitrogens with two attached hydrogens (primary N) is 2. The number of aliphatic hydroxyl groups excluding tert-OH is 2. The Morgan fingerprint density at radius 1 is 1.23 bits per heavy atom. The van der Waals surface area contributed by atoms with Gasteiger partial charge in [0.2, 0.25) is 11.8 Å². The van der Waals surface area contributed by atoms with Gasteiger partial charge in [0.25, 0.3) is 0 Å². The zero-order valence-electron chi connectivity index (χ0n) is 11.4. The molecule has 3 unspecified atom stereocenters. The van der Waals surface area contributed by atoms with E-state index >= 15 is 0 Å². The third-order valence-electron chi connectivity index (χ3n) is 2.83. The van der Waals surface area contributed by atoms with Crippen LogP contribution in [0.1, 0.15) is 12.0 Å². The highest BCUT2D eigenvalue weighted by molar-refractivity contribution is 5.80. The zero-order valence-corrected chi connectivity index (χ0v) is 11.4. The van der Waals surface area contributed by atoms with Crippen LogP contribution < -0.4 is 11.5 Å². The second kappa shape index (κ2) is 7.78. The van der Waals surface area contributed by atoms with Gasteiger partial charge in [0.1, 0.15) is 17.7 Å². The largest absolute Gasteiger partial charge is 0.390 e. The summed E-state index contributed by atoms with van der Waals surface area (Å²) < 4.78 is 31.2. The second-order valence-corrected chi connectivity index (χ2v) is 4.60. The lowest BCUT2D eigenvalue weighted by Gasteiger charge is -2.24. The fraction of sp³-hybridized carbons (Fsp3) is 0.385. The molecule has 0 aromatic heterocycles. The molecule has 6 N–H and O–H groups in total. The Morgan fingerprint density at radius 2 is 1.86 bits per heavy atom. The van der Waals surface area contributed by atoms with Gasteiger partial charge in [0, 0.05) is 11.6 Å². The van der Waals surface area contributed by atoms with Crippen LogP contribution in [0.4, 0.5) is 8.78 Å². The first-order chi connectivity index (χ1) is 10.2. The average molecular weight is 318 g/mol. The predicted molar refractivity (Wildman–Crippen MR) is 70.0 cm³/mol. The van der Waals surface area contributed by atoms with Crippen molar-refractivity contribution >= 4 is 11.8 Å². The van der Waals surface area contributed by atoms with E-state index in [4.69, 9.17) is 16.2 Å². The van der Waals surface area contributed by atoms with Crippen LogP contribution in [0.25, 0.3) is 0 Å². The van der Waals surface area contributed by atoms with Gasteiger partial charge in [-0.3, -0.25) is 9.59 Å². The van der Waals surface area contributed by atoms with Crippen molar-refractivity contribution in [2.24, 2.45) is 11.5 Å². The lowest BCUT2D eigenvalue weighted by molar-refractivity contribution is -0.149. The van der Waals surface area contributed by atoms with Crippen molar-refractivity contribution in [3.8, 4) is 0 Å². The first kappa shape index (κ1) is 18.0. The summed E-state index contributed by atoms with van der Waals surface area (Å²) >= 11 is 0. The lowest BCUT2D eigenvalue weighted by Crippen LogP contribution is -2.48. The summed E-state index contributed by atoms with van der Waals surface area (Å²) in [6.07, 6.45) is -5.81. The van der Waals surface area contributed by atoms with Gasteiger partial charge in [0.15, 0.2) is 6.10 Å². The molecule has 0 aliphatic rings. The number of ether oxygens (including phenoxy) is 1. The summed E-state index contributed by atoms with van der Waals surface area (Å²) in [5.41, 5.74) is 9.80. The van der Waals surface area contributed by atoms with Gasteiger partial charge >= 0.3 is 0 Å². The highest BCUT2D eigenvalue weighted by Gasteiger charge is 2.32. The van der Waals surface area contributed by atoms with Gasteiger partial charge in [-0.2, -0.15) is 0 Å². The van der Waals surface area contributed by atoms with Crippen LogP contribution in [0.3, 0.4) is 0 Å². The Hall–Kier alpha value is -2.10. The molecular weight excluding hydrogens is 302 g/mol. The van der Waals surface area contributed by atoms with Crippen LogP contribution >= 0.6 is 0 Å². The summed E-state index contributed by atoms with van der Waals surface area (Å²) in [5, 5.41) is 19.3. The van der Waals surface area contributed by atoms with E-state index in [0.29, 0.717) is 6.07 Å². The molecule has 0 heterocycles. The standard InChI is InChI=1S/C13H16F2N2O5/c14-7-2-1-6(8(15)3-7)5-22-12(13(17)21)11(20)9(18)4-10(16)19/h1-3,9,11-12,18,20H,4-5H2,(H2,16,19)(H2,17,21). The minimum Gasteiger partial charge on any atom is -0.390 e. The number of benzene rings is 1. The summed E-state index contributed by atoms with van der Waals surface area (Å²) in [6.45, 7) is -0.500. The molecule has 7 nitrogen and oxygen atoms in total. The molecule has 0 aliphatic heterocycles. The van der Waals surface area contributed by atoms with Crippen LogP contribution in [0.15, 0.2) is 18.2 Å². The molecule has 1 aromatic carbocycles. The number of hydrogen-bond acceptors (Lipinski definition) is 5. The molecule has 122 valence electrons. The van der Waals surface area contributed by atoms with Crippen molar-refractivity contribution in [2.45, 2.75) is 31.3 Å². The first-order valence-electron chi connectivity index (χ1n) is 6.21. The fourth-order valence-electron chi connectivity index (χ4n) is 1.70. The zero-order chi connectivity index (χ0) is 16.9. The summed E-state index contributed by atoms with van der Waals surface area (Å²) in [4.78, 5) is 21.9. The minimum absolute atomic E-state index is 0.0794. The number of primary amides is 2. The maximum Gasteiger partial charge on any atom is 0.249 e. The molecule has 9 heteroatoms. The SMILES string of the molecule is NC(=O)CC(O)C(O)C(OCc1ccc(F)cc1F)C(N)=O. The van der Waals surface area contributed by atoms with E-state index in [0.717, 1.165) is 12.1 Å². The number of amides is 2. The van der Waals surface area contributed by atoms with Crippen molar-refractivity contribution in [1.82, 2.24) is 0 Å². The maximum absolute atomic E-state index is 13.4. The molecule has 22 heavy (non-hydrogen) atoms. The predicted octanol–water partition coefficient (Wildman–Crippen LogP) is -1.07. The van der Waals surface area contributed by atoms with E-state index in [2.05, 4.69) is 0 Å². The quantitative estimate of drug-likeness (QED) is 0.484. The van der Waals surface area contributed by atoms with E-state index in [9.17, 15) is 28.6 Å². The molecule has 1 aromatic rings. The fourth-order valence-corrected chi connectivity index (χ4v) is 1.70. The summed E-state index contributed by atoms with van der Waals surface area (Å²) in [6, 6.07) is 2.70. The van der Waals surface area contributed by atoms with Crippen LogP contribution in [0, 0.1) is 11.6 Å². The summed E-state index contributed by atoms with van der Waals surface area (Å²) in [5.74, 6) is -3.72. The molecule has 0 bridgehead atoms. The van der Waals surface area contributed by atoms with Crippen molar-refractivity contribution in [3.05, 3.63) is 35.4 Å². The van der Waals surface area contributed by atoms with Gasteiger partial charge in [-0.1, -0.05) is 6.07 Å². The molecular formula is C13H16F2N2O5. The molecule has 0 saturated carbocycles. The molecule has 0 radical (unpaired) electrons. The smallest absolute Gasteiger partial charge is 0.249 e. The van der Waals surface area contributed by atoms with Crippen molar-refractivity contribution in [3.63, 3.8) is 0 Å². The van der Waals surface area contributed by atoms with Crippen LogP contribution in [0.5, 0.6) is 0 Å². The Labute approximate surface area is 124 Å². The van der Waals surface area contributed by atoms with Crippen molar-refractivity contribution in [2.75, 3.05) is 0 Å². The van der Waals surface area contributed by atoms with E-state index in [1.807, 2.05) is 0 Å². The first-order valence-corrected chi connectivity index (χ1v) is 6.21. The van der Waals surface area contributed by atoms with E-state index < -0.39 is 54.8 Å². The van der Waals surface area contributed by atoms with Crippen LogP contribution in [0.2, 0.25) is 0 Å². The number of carbonyl (C=O) groups excluding carboxylic acids is 2. The van der Waals surface area contributed by atoms with Gasteiger partial charge in [-0.05, 0) is 6.07 Å². The number of aliphatic hydroxyl groups is 2. The minimum atomic E-state index is -1.83. The molecule has 0 fully saturated rings. The Bertz CT molecular complexity index is 555. The third kappa shape index (κ3) is 5.02. The van der Waals surface area contributed by atoms with Gasteiger partial charge in [0.05, 0.1) is 19.1 Å². The normalized spacial score (nSPS) is 15.1. The van der Waals surface area contributed by atoms with Crippen molar-refractivity contribution in [1.29, 1.82) is 0 Å². The van der Waals surface area contributed by atoms with Gasteiger partial charge < -0.3 is 26.4 Å². The van der Waals surface area contributed by atoms with Crippen LogP contribution in [-0.2, 0) is 20.9 Å². The van der Waals surface area contributed by atoms with Crippen LogP contribution in [-0.4, -0.2) is 40.3 Å². The number of rotatable bonds is 8. The number of halogens is 2. The van der Waals surface area contributed by atoms with E-state index in [-0.39, 0.29) is 5.56 Å². The molecule has 3 atom stereocenters. The second-order valence-electron chi connectivity index (χ2n) is 4.60. The molecule has 2 amide bonds. The molecule has 1 rings (SSSR count). The monoisotopic (exact) mass is 318 g/mol. The molecule has 0 aliphatic carbocycles. The third-order valence-corrected chi connectivity index (χ3v) is 2.83. The van der Waals surface area contributed by atoms with E-state index in [1.54, 1.807) is 0 Å². The number of carbonyl (C=O) groups is 2. The lowest BCUT2D eigenvalue weighted by atomic mass is 10.0. The summed E-state index contributed by atoms with van der Waals surface area (Å²) in [7, 11) is 0. The topological polar surface area (TPSA) is 136 Å². The van der Waals surface area contributed by atoms with E-state index in [1.165, 1.54) is 0 Å². The maximum atomic E-state index is 13.4. The Kier molecular flexibility index (Phi) is 6.35. The Morgan fingerprint density at radius 3 is 2.36 bits per heavy atom. The highest BCUT2D eigenvalue weighted by Crippen LogP contribution is 2.14. The molecule has 0 saturated heterocycles. The Balaban J connectivity index is 2.76. The highest BCUT2D eigenvalue weighted by atomic mass is 19.1. The number of hydrogen-bond donors (Lipinski definition) is 4. The van der Waals surface area contributed by atoms with Gasteiger partial charge in [-0.15, -0.1) is 0 Å². The molecule has 0 spiro atoms. The van der Waals surface area contributed by atoms with Crippen molar-refractivity contribution < 1.29 is 33.3 Å².